The van der Waals surface area contributed by atoms with E-state index in [-0.39, 0.29) is 45.5 Å². The Bertz CT molecular complexity index is 824. The molecular weight excluding hydrogens is 464 g/mol. The van der Waals surface area contributed by atoms with Crippen LogP contribution in [-0.2, 0) is 38.1 Å². The monoisotopic (exact) mass is 506 g/mol. The van der Waals surface area contributed by atoms with Gasteiger partial charge in [0.05, 0.1) is 39.3 Å². The zero-order valence-corrected chi connectivity index (χ0v) is 22.3. The molecule has 4 bridgehead atoms. The molecule has 6 saturated carbocycles. The molecule has 0 aromatic carbocycles. The molecule has 0 radical (unpaired) electrons. The fourth-order valence-corrected chi connectivity index (χ4v) is 6.93. The Labute approximate surface area is 214 Å². The molecule has 6 fully saturated rings. The molecule has 0 spiro atoms. The van der Waals surface area contributed by atoms with Crippen molar-refractivity contribution < 1.29 is 38.1 Å². The number of rotatable bonds is 7. The molecule has 6 rings (SSSR count). The van der Waals surface area contributed by atoms with Gasteiger partial charge in [0.1, 0.15) is 0 Å². The van der Waals surface area contributed by atoms with E-state index in [1.54, 1.807) is 0 Å². The minimum absolute atomic E-state index is 0.0382. The molecule has 0 heterocycles. The van der Waals surface area contributed by atoms with E-state index in [0.717, 1.165) is 83.5 Å². The smallest absolute Gasteiger partial charge is 0.330 e. The predicted octanol–water partition coefficient (Wildman–Crippen LogP) is 4.68. The molecule has 0 unspecified atom stereocenters. The Balaban J connectivity index is 0.000000201. The van der Waals surface area contributed by atoms with Gasteiger partial charge in [-0.3, -0.25) is 14.4 Å². The summed E-state index contributed by atoms with van der Waals surface area (Å²) in [5.74, 6) is -0.531. The van der Waals surface area contributed by atoms with Gasteiger partial charge in [0.25, 0.3) is 0 Å². The number of hydrogen-bond donors (Lipinski definition) is 0. The number of allylic oxidation sites excluding steroid dienone is 1. The van der Waals surface area contributed by atoms with Crippen molar-refractivity contribution in [2.24, 2.45) is 21.7 Å². The lowest BCUT2D eigenvalue weighted by molar-refractivity contribution is -0.163. The first-order valence-electron chi connectivity index (χ1n) is 13.1. The minimum Gasteiger partial charge on any atom is -0.469 e. The number of carbonyl (C=O) groups excluding carboxylic acids is 4. The standard InChI is InChI=1S/C14H22O4.C14H20O4/c2*1-17-11(15)3-4-13-5-8-14(9-6-13,10-7-13)12(16)18-2/h3-10H2,1-2H3;3-4H,5-10H2,1-2H3. The van der Waals surface area contributed by atoms with Crippen molar-refractivity contribution in [2.75, 3.05) is 28.4 Å². The van der Waals surface area contributed by atoms with Crippen LogP contribution < -0.4 is 0 Å². The summed E-state index contributed by atoms with van der Waals surface area (Å²) in [6.07, 6.45) is 16.2. The molecule has 36 heavy (non-hydrogen) atoms. The molecule has 0 aromatic rings. The van der Waals surface area contributed by atoms with E-state index >= 15 is 0 Å². The first-order valence-corrected chi connectivity index (χ1v) is 13.1. The van der Waals surface area contributed by atoms with Crippen molar-refractivity contribution in [1.29, 1.82) is 0 Å². The number of fused-ring (bicyclic) bond motifs is 6. The topological polar surface area (TPSA) is 105 Å². The van der Waals surface area contributed by atoms with Gasteiger partial charge >= 0.3 is 23.9 Å². The molecule has 0 saturated heterocycles. The molecule has 6 aliphatic carbocycles. The van der Waals surface area contributed by atoms with Crippen molar-refractivity contribution in [3.63, 3.8) is 0 Å². The maximum atomic E-state index is 11.9. The van der Waals surface area contributed by atoms with Gasteiger partial charge in [-0.05, 0) is 94.3 Å². The van der Waals surface area contributed by atoms with E-state index in [9.17, 15) is 19.2 Å². The van der Waals surface area contributed by atoms with Crippen LogP contribution in [0.15, 0.2) is 12.2 Å². The van der Waals surface area contributed by atoms with Crippen molar-refractivity contribution in [1.82, 2.24) is 0 Å². The third-order valence-corrected chi connectivity index (χ3v) is 9.80. The Morgan fingerprint density at radius 1 is 0.611 bits per heavy atom. The highest BCUT2D eigenvalue weighted by atomic mass is 16.5. The average Bonchev–Trinajstić information content (AvgIpc) is 2.96. The highest BCUT2D eigenvalue weighted by Crippen LogP contribution is 2.59. The molecule has 0 amide bonds. The van der Waals surface area contributed by atoms with Gasteiger partial charge in [0.2, 0.25) is 0 Å². The highest BCUT2D eigenvalue weighted by Gasteiger charge is 2.53. The largest absolute Gasteiger partial charge is 0.469 e. The summed E-state index contributed by atoms with van der Waals surface area (Å²) in [6, 6.07) is 0. The lowest BCUT2D eigenvalue weighted by Gasteiger charge is -2.52. The van der Waals surface area contributed by atoms with E-state index in [4.69, 9.17) is 14.2 Å². The van der Waals surface area contributed by atoms with Crippen LogP contribution in [0.3, 0.4) is 0 Å². The van der Waals surface area contributed by atoms with Crippen LogP contribution in [-0.4, -0.2) is 52.3 Å². The van der Waals surface area contributed by atoms with Crippen LogP contribution in [0.4, 0.5) is 0 Å². The average molecular weight is 507 g/mol. The fourth-order valence-electron chi connectivity index (χ4n) is 6.93. The fraction of sp³-hybridized carbons (Fsp3) is 0.786. The van der Waals surface area contributed by atoms with E-state index < -0.39 is 0 Å². The molecule has 0 aromatic heterocycles. The quantitative estimate of drug-likeness (QED) is 0.278. The van der Waals surface area contributed by atoms with Gasteiger partial charge in [-0.1, -0.05) is 6.08 Å². The van der Waals surface area contributed by atoms with E-state index in [0.29, 0.717) is 6.42 Å². The van der Waals surface area contributed by atoms with Crippen molar-refractivity contribution in [3.05, 3.63) is 12.2 Å². The van der Waals surface area contributed by atoms with Crippen LogP contribution in [0.25, 0.3) is 0 Å². The summed E-state index contributed by atoms with van der Waals surface area (Å²) in [5, 5.41) is 0. The van der Waals surface area contributed by atoms with Gasteiger partial charge in [-0.25, -0.2) is 4.79 Å². The Kier molecular flexibility index (Phi) is 8.88. The number of methoxy groups -OCH3 is 4. The molecule has 202 valence electrons. The molecular formula is C28H42O8. The summed E-state index contributed by atoms with van der Waals surface area (Å²) in [5.41, 5.74) is -0.120. The van der Waals surface area contributed by atoms with Crippen LogP contribution in [0.1, 0.15) is 89.9 Å². The van der Waals surface area contributed by atoms with E-state index in [1.165, 1.54) is 34.5 Å². The SMILES string of the molecule is COC(=O)C=CC12CCC(C(=O)OC)(CC1)CC2.COC(=O)CCC12CCC(C(=O)OC)(CC1)CC2. The van der Waals surface area contributed by atoms with Gasteiger partial charge in [-0.15, -0.1) is 0 Å². The van der Waals surface area contributed by atoms with Crippen LogP contribution in [0.2, 0.25) is 0 Å². The lowest BCUT2D eigenvalue weighted by atomic mass is 9.52. The second-order valence-electron chi connectivity index (χ2n) is 11.3. The summed E-state index contributed by atoms with van der Waals surface area (Å²) in [4.78, 5) is 46.1. The number of carbonyl (C=O) groups is 4. The summed E-state index contributed by atoms with van der Waals surface area (Å²) in [6.45, 7) is 0. The van der Waals surface area contributed by atoms with Crippen molar-refractivity contribution in [2.45, 2.75) is 89.9 Å². The lowest BCUT2D eigenvalue weighted by Crippen LogP contribution is -2.46. The Morgan fingerprint density at radius 3 is 1.44 bits per heavy atom. The van der Waals surface area contributed by atoms with Crippen LogP contribution in [0.5, 0.6) is 0 Å². The number of esters is 4. The van der Waals surface area contributed by atoms with Crippen molar-refractivity contribution >= 4 is 23.9 Å². The van der Waals surface area contributed by atoms with Gasteiger partial charge < -0.3 is 18.9 Å². The second kappa shape index (κ2) is 11.3. The zero-order chi connectivity index (χ0) is 26.5. The molecule has 0 atom stereocenters. The molecule has 0 N–H and O–H groups in total. The number of hydrogen-bond acceptors (Lipinski definition) is 8. The van der Waals surface area contributed by atoms with E-state index in [2.05, 4.69) is 4.74 Å². The Morgan fingerprint density at radius 2 is 1.06 bits per heavy atom. The highest BCUT2D eigenvalue weighted by molar-refractivity contribution is 5.82. The third kappa shape index (κ3) is 5.78. The van der Waals surface area contributed by atoms with Gasteiger partial charge in [-0.2, -0.15) is 0 Å². The van der Waals surface area contributed by atoms with Crippen LogP contribution in [0, 0.1) is 21.7 Å². The third-order valence-electron chi connectivity index (χ3n) is 9.80. The molecule has 8 nitrogen and oxygen atoms in total. The minimum atomic E-state index is -0.306. The zero-order valence-electron chi connectivity index (χ0n) is 22.3. The van der Waals surface area contributed by atoms with E-state index in [1.807, 2.05) is 6.08 Å². The number of ether oxygens (including phenoxy) is 4. The molecule has 6 aliphatic rings. The second-order valence-corrected chi connectivity index (χ2v) is 11.3. The Hall–Kier alpha value is -2.38. The molecule has 8 heteroatoms. The first kappa shape index (κ1) is 28.2. The summed E-state index contributed by atoms with van der Waals surface area (Å²) < 4.78 is 19.2. The maximum Gasteiger partial charge on any atom is 0.330 e. The maximum absolute atomic E-state index is 11.9. The van der Waals surface area contributed by atoms with Crippen LogP contribution >= 0.6 is 0 Å². The van der Waals surface area contributed by atoms with Crippen molar-refractivity contribution in [3.8, 4) is 0 Å². The van der Waals surface area contributed by atoms with Gasteiger partial charge in [0, 0.05) is 12.5 Å². The predicted molar refractivity (Wildman–Crippen MR) is 132 cm³/mol. The molecule has 0 aliphatic heterocycles. The van der Waals surface area contributed by atoms with Gasteiger partial charge in [0.15, 0.2) is 0 Å². The normalized spacial score (nSPS) is 34.3. The summed E-state index contributed by atoms with van der Waals surface area (Å²) in [7, 11) is 5.76. The first-order chi connectivity index (χ1) is 17.1. The summed E-state index contributed by atoms with van der Waals surface area (Å²) >= 11 is 0.